The third kappa shape index (κ3) is 3.48. The van der Waals surface area contributed by atoms with Crippen LogP contribution in [0.1, 0.15) is 12.0 Å². The van der Waals surface area contributed by atoms with Gasteiger partial charge in [-0.2, -0.15) is 0 Å². The normalized spacial score (nSPS) is 28.7. The monoisotopic (exact) mass is 280 g/mol. The second-order valence-corrected chi connectivity index (χ2v) is 5.91. The molecule has 0 radical (unpaired) electrons. The summed E-state index contributed by atoms with van der Waals surface area (Å²) in [6, 6.07) is 9.49. The fraction of sp³-hybridized carbons (Fsp3) is 0.600. The van der Waals surface area contributed by atoms with E-state index < -0.39 is 0 Å². The summed E-state index contributed by atoms with van der Waals surface area (Å²) in [4.78, 5) is 2.57. The van der Waals surface area contributed by atoms with Crippen LogP contribution in [0, 0.1) is 0 Å². The molecular weight excluding hydrogens is 260 g/mol. The van der Waals surface area contributed by atoms with Crippen LogP contribution < -0.4 is 5.32 Å². The fourth-order valence-corrected chi connectivity index (χ4v) is 3.21. The molecule has 1 aromatic carbocycles. The van der Waals surface area contributed by atoms with Gasteiger partial charge in [-0.15, -0.1) is 0 Å². The molecule has 0 unspecified atom stereocenters. The minimum absolute atomic E-state index is 0.592. The Hall–Kier alpha value is -0.610. The Morgan fingerprint density at radius 1 is 1.21 bits per heavy atom. The molecule has 19 heavy (non-hydrogen) atoms. The van der Waals surface area contributed by atoms with Gasteiger partial charge in [-0.1, -0.05) is 23.7 Å². The molecule has 104 valence electrons. The van der Waals surface area contributed by atoms with Gasteiger partial charge in [-0.3, -0.25) is 4.90 Å². The van der Waals surface area contributed by atoms with E-state index in [4.69, 9.17) is 16.3 Å². The fourth-order valence-electron chi connectivity index (χ4n) is 3.08. The van der Waals surface area contributed by atoms with Crippen molar-refractivity contribution in [2.75, 3.05) is 32.8 Å². The molecule has 0 bridgehead atoms. The highest BCUT2D eigenvalue weighted by Crippen LogP contribution is 2.19. The Balaban J connectivity index is 1.52. The van der Waals surface area contributed by atoms with E-state index in [9.17, 15) is 0 Å². The maximum atomic E-state index is 5.92. The molecule has 3 rings (SSSR count). The zero-order valence-corrected chi connectivity index (χ0v) is 11.9. The highest BCUT2D eigenvalue weighted by molar-refractivity contribution is 6.30. The van der Waals surface area contributed by atoms with Crippen molar-refractivity contribution in [2.24, 2.45) is 0 Å². The van der Waals surface area contributed by atoms with Crippen LogP contribution in [0.2, 0.25) is 5.02 Å². The standard InChI is InChI=1S/C15H21ClN2O/c16-13-3-1-12(2-4-13)9-14-10-15(11-17-14)18-5-7-19-8-6-18/h1-4,14-15,17H,5-11H2/t14-,15+/m0/s1. The molecule has 2 fully saturated rings. The van der Waals surface area contributed by atoms with E-state index in [0.29, 0.717) is 12.1 Å². The lowest BCUT2D eigenvalue weighted by atomic mass is 10.0. The summed E-state index contributed by atoms with van der Waals surface area (Å²) in [5.41, 5.74) is 1.37. The molecule has 2 saturated heterocycles. The lowest BCUT2D eigenvalue weighted by molar-refractivity contribution is 0.0201. The first-order chi connectivity index (χ1) is 9.31. The maximum Gasteiger partial charge on any atom is 0.0594 e. The average molecular weight is 281 g/mol. The Morgan fingerprint density at radius 3 is 2.68 bits per heavy atom. The zero-order chi connectivity index (χ0) is 13.1. The second kappa shape index (κ2) is 6.23. The Kier molecular flexibility index (Phi) is 4.38. The topological polar surface area (TPSA) is 24.5 Å². The Labute approximate surface area is 119 Å². The van der Waals surface area contributed by atoms with Crippen LogP contribution >= 0.6 is 11.6 Å². The molecule has 2 heterocycles. The van der Waals surface area contributed by atoms with Crippen LogP contribution in [-0.4, -0.2) is 49.8 Å². The molecule has 4 heteroatoms. The summed E-state index contributed by atoms with van der Waals surface area (Å²) < 4.78 is 5.42. The van der Waals surface area contributed by atoms with Crippen molar-refractivity contribution in [3.05, 3.63) is 34.9 Å². The third-order valence-electron chi connectivity index (χ3n) is 4.16. The molecule has 3 nitrogen and oxygen atoms in total. The number of nitrogens with zero attached hydrogens (tertiary/aromatic N) is 1. The predicted molar refractivity (Wildman–Crippen MR) is 77.7 cm³/mol. The van der Waals surface area contributed by atoms with E-state index in [1.165, 1.54) is 12.0 Å². The van der Waals surface area contributed by atoms with Gasteiger partial charge in [0.25, 0.3) is 0 Å². The summed E-state index contributed by atoms with van der Waals surface area (Å²) >= 11 is 5.92. The van der Waals surface area contributed by atoms with E-state index in [2.05, 4.69) is 22.3 Å². The van der Waals surface area contributed by atoms with Gasteiger partial charge >= 0.3 is 0 Å². The number of benzene rings is 1. The van der Waals surface area contributed by atoms with Gasteiger partial charge in [0.2, 0.25) is 0 Å². The Morgan fingerprint density at radius 2 is 1.95 bits per heavy atom. The molecule has 0 aliphatic carbocycles. The molecule has 1 aromatic rings. The lowest BCUT2D eigenvalue weighted by Gasteiger charge is -2.31. The van der Waals surface area contributed by atoms with Crippen molar-refractivity contribution in [1.82, 2.24) is 10.2 Å². The number of hydrogen-bond acceptors (Lipinski definition) is 3. The summed E-state index contributed by atoms with van der Waals surface area (Å²) in [5.74, 6) is 0. The predicted octanol–water partition coefficient (Wildman–Crippen LogP) is 1.95. The van der Waals surface area contributed by atoms with Gasteiger partial charge in [-0.25, -0.2) is 0 Å². The Bertz CT molecular complexity index is 403. The molecular formula is C15H21ClN2O. The van der Waals surface area contributed by atoms with Crippen LogP contribution in [-0.2, 0) is 11.2 Å². The molecule has 2 aliphatic rings. The van der Waals surface area contributed by atoms with E-state index in [-0.39, 0.29) is 0 Å². The number of morpholine rings is 1. The molecule has 1 N–H and O–H groups in total. The van der Waals surface area contributed by atoms with Crippen molar-refractivity contribution in [1.29, 1.82) is 0 Å². The van der Waals surface area contributed by atoms with Crippen LogP contribution in [0.3, 0.4) is 0 Å². The molecule has 2 aliphatic heterocycles. The number of nitrogens with one attached hydrogen (secondary N) is 1. The number of rotatable bonds is 3. The van der Waals surface area contributed by atoms with Crippen LogP contribution in [0.5, 0.6) is 0 Å². The molecule has 0 amide bonds. The van der Waals surface area contributed by atoms with Crippen molar-refractivity contribution < 1.29 is 4.74 Å². The first-order valence-electron chi connectivity index (χ1n) is 7.11. The molecule has 0 spiro atoms. The van der Waals surface area contributed by atoms with Crippen molar-refractivity contribution in [3.63, 3.8) is 0 Å². The minimum Gasteiger partial charge on any atom is -0.379 e. The van der Waals surface area contributed by atoms with Crippen molar-refractivity contribution in [2.45, 2.75) is 24.9 Å². The highest BCUT2D eigenvalue weighted by Gasteiger charge is 2.29. The maximum absolute atomic E-state index is 5.92. The van der Waals surface area contributed by atoms with Crippen molar-refractivity contribution in [3.8, 4) is 0 Å². The largest absolute Gasteiger partial charge is 0.379 e. The summed E-state index contributed by atoms with van der Waals surface area (Å²) in [5, 5.41) is 4.47. The van der Waals surface area contributed by atoms with E-state index >= 15 is 0 Å². The van der Waals surface area contributed by atoms with Gasteiger partial charge in [0.1, 0.15) is 0 Å². The molecule has 2 atom stereocenters. The van der Waals surface area contributed by atoms with Crippen LogP contribution in [0.25, 0.3) is 0 Å². The lowest BCUT2D eigenvalue weighted by Crippen LogP contribution is -2.44. The zero-order valence-electron chi connectivity index (χ0n) is 11.1. The molecule has 0 saturated carbocycles. The third-order valence-corrected chi connectivity index (χ3v) is 4.41. The molecule has 0 aromatic heterocycles. The average Bonchev–Trinajstić information content (AvgIpc) is 2.91. The van der Waals surface area contributed by atoms with Gasteiger partial charge in [0, 0.05) is 36.7 Å². The number of hydrogen-bond donors (Lipinski definition) is 1. The first kappa shape index (κ1) is 13.4. The van der Waals surface area contributed by atoms with Gasteiger partial charge in [-0.05, 0) is 30.5 Å². The van der Waals surface area contributed by atoms with E-state index in [1.807, 2.05) is 12.1 Å². The summed E-state index contributed by atoms with van der Waals surface area (Å²) in [6.07, 6.45) is 2.33. The van der Waals surface area contributed by atoms with Gasteiger partial charge in [0.15, 0.2) is 0 Å². The minimum atomic E-state index is 0.592. The summed E-state index contributed by atoms with van der Waals surface area (Å²) in [7, 11) is 0. The summed E-state index contributed by atoms with van der Waals surface area (Å²) in [6.45, 7) is 5.05. The quantitative estimate of drug-likeness (QED) is 0.916. The van der Waals surface area contributed by atoms with E-state index in [0.717, 1.165) is 44.3 Å². The first-order valence-corrected chi connectivity index (χ1v) is 7.49. The smallest absolute Gasteiger partial charge is 0.0594 e. The second-order valence-electron chi connectivity index (χ2n) is 5.47. The van der Waals surface area contributed by atoms with Gasteiger partial charge < -0.3 is 10.1 Å². The highest BCUT2D eigenvalue weighted by atomic mass is 35.5. The van der Waals surface area contributed by atoms with Gasteiger partial charge in [0.05, 0.1) is 13.2 Å². The number of ether oxygens (including phenoxy) is 1. The number of halogens is 1. The van der Waals surface area contributed by atoms with Crippen molar-refractivity contribution >= 4 is 11.6 Å². The van der Waals surface area contributed by atoms with E-state index in [1.54, 1.807) is 0 Å². The van der Waals surface area contributed by atoms with Crippen LogP contribution in [0.4, 0.5) is 0 Å². The SMILES string of the molecule is Clc1ccc(C[C@H]2C[C@@H](N3CCOCC3)CN2)cc1. The van der Waals surface area contributed by atoms with Crippen LogP contribution in [0.15, 0.2) is 24.3 Å².